The highest BCUT2D eigenvalue weighted by molar-refractivity contribution is 7.15. The second-order valence-electron chi connectivity index (χ2n) is 3.76. The highest BCUT2D eigenvalue weighted by Crippen LogP contribution is 2.18. The lowest BCUT2D eigenvalue weighted by Crippen LogP contribution is -2.11. The van der Waals surface area contributed by atoms with Crippen molar-refractivity contribution in [2.24, 2.45) is 0 Å². The predicted octanol–water partition coefficient (Wildman–Crippen LogP) is 3.62. The van der Waals surface area contributed by atoms with Crippen LogP contribution in [-0.4, -0.2) is 22.0 Å². The zero-order valence-corrected chi connectivity index (χ0v) is 12.2. The van der Waals surface area contributed by atoms with Crippen molar-refractivity contribution in [3.8, 4) is 0 Å². The normalized spacial score (nSPS) is 10.4. The number of anilines is 1. The molecule has 0 bridgehead atoms. The first kappa shape index (κ1) is 14.2. The third kappa shape index (κ3) is 4.16. The molecule has 0 atom stereocenters. The lowest BCUT2D eigenvalue weighted by Gasteiger charge is -2.00. The third-order valence-corrected chi connectivity index (χ3v) is 3.70. The first-order valence-electron chi connectivity index (χ1n) is 5.64. The van der Waals surface area contributed by atoms with Crippen molar-refractivity contribution >= 4 is 45.6 Å². The fraction of sp³-hybridized carbons (Fsp3) is 0.250. The van der Waals surface area contributed by atoms with Crippen LogP contribution >= 0.6 is 34.5 Å². The first-order chi connectivity index (χ1) is 9.19. The van der Waals surface area contributed by atoms with E-state index in [-0.39, 0.29) is 5.91 Å². The minimum absolute atomic E-state index is 0.248. The van der Waals surface area contributed by atoms with E-state index in [4.69, 9.17) is 23.2 Å². The van der Waals surface area contributed by atoms with Crippen LogP contribution in [0.3, 0.4) is 0 Å². The predicted molar refractivity (Wildman–Crippen MR) is 78.4 cm³/mol. The summed E-state index contributed by atoms with van der Waals surface area (Å²) in [5.74, 6) is 0.339. The number of amides is 1. The molecule has 0 saturated carbocycles. The second kappa shape index (κ2) is 6.84. The Balaban J connectivity index is 2.00. The van der Waals surface area contributed by atoms with Gasteiger partial charge in [-0.15, -0.1) is 21.8 Å². The maximum Gasteiger partial charge on any atom is 0.257 e. The summed E-state index contributed by atoms with van der Waals surface area (Å²) in [4.78, 5) is 11.9. The molecule has 4 nitrogen and oxygen atoms in total. The average molecular weight is 316 g/mol. The van der Waals surface area contributed by atoms with Crippen molar-refractivity contribution in [3.05, 3.63) is 39.9 Å². The number of carbonyl (C=O) groups excluding carboxylic acids is 1. The zero-order valence-electron chi connectivity index (χ0n) is 9.90. The molecule has 0 aliphatic heterocycles. The summed E-state index contributed by atoms with van der Waals surface area (Å²) in [6.07, 6.45) is 1.62. The zero-order chi connectivity index (χ0) is 13.7. The van der Waals surface area contributed by atoms with E-state index in [0.29, 0.717) is 21.6 Å². The van der Waals surface area contributed by atoms with E-state index >= 15 is 0 Å². The Morgan fingerprint density at radius 2 is 2.21 bits per heavy atom. The monoisotopic (exact) mass is 315 g/mol. The Hall–Kier alpha value is -1.17. The van der Waals surface area contributed by atoms with Gasteiger partial charge in [0.05, 0.1) is 0 Å². The number of hydrogen-bond donors (Lipinski definition) is 1. The first-order valence-corrected chi connectivity index (χ1v) is 7.37. The summed E-state index contributed by atoms with van der Waals surface area (Å²) in [5.41, 5.74) is 0.491. The summed E-state index contributed by atoms with van der Waals surface area (Å²) < 4.78 is 0. The van der Waals surface area contributed by atoms with E-state index in [1.165, 1.54) is 11.3 Å². The van der Waals surface area contributed by atoms with Gasteiger partial charge in [-0.05, 0) is 24.6 Å². The lowest BCUT2D eigenvalue weighted by atomic mass is 10.2. The molecule has 0 saturated heterocycles. The molecule has 0 radical (unpaired) electrons. The molecule has 0 aliphatic rings. The number of halogens is 2. The fourth-order valence-corrected chi connectivity index (χ4v) is 2.52. The highest BCUT2D eigenvalue weighted by atomic mass is 35.5. The van der Waals surface area contributed by atoms with Gasteiger partial charge in [-0.1, -0.05) is 29.0 Å². The van der Waals surface area contributed by atoms with Crippen LogP contribution < -0.4 is 5.32 Å². The van der Waals surface area contributed by atoms with Crippen LogP contribution in [0.5, 0.6) is 0 Å². The maximum atomic E-state index is 11.9. The average Bonchev–Trinajstić information content (AvgIpc) is 2.84. The van der Waals surface area contributed by atoms with Gasteiger partial charge in [0, 0.05) is 22.9 Å². The van der Waals surface area contributed by atoms with Crippen LogP contribution in [0.25, 0.3) is 0 Å². The molecule has 2 rings (SSSR count). The number of nitrogens with one attached hydrogen (secondary N) is 1. The van der Waals surface area contributed by atoms with Crippen molar-refractivity contribution in [2.45, 2.75) is 12.8 Å². The molecule has 0 fully saturated rings. The molecule has 1 heterocycles. The lowest BCUT2D eigenvalue weighted by molar-refractivity contribution is 0.102. The van der Waals surface area contributed by atoms with Gasteiger partial charge in [-0.2, -0.15) is 0 Å². The molecule has 2 aromatic rings. The van der Waals surface area contributed by atoms with E-state index in [0.717, 1.165) is 17.8 Å². The number of hydrogen-bond acceptors (Lipinski definition) is 4. The number of aromatic nitrogens is 2. The number of rotatable bonds is 5. The van der Waals surface area contributed by atoms with E-state index in [1.807, 2.05) is 0 Å². The smallest absolute Gasteiger partial charge is 0.257 e. The van der Waals surface area contributed by atoms with Crippen molar-refractivity contribution in [3.63, 3.8) is 0 Å². The number of carbonyl (C=O) groups is 1. The molecular formula is C12H11Cl2N3OS. The molecule has 100 valence electrons. The number of aryl methyl sites for hydroxylation is 1. The summed E-state index contributed by atoms with van der Waals surface area (Å²) in [6, 6.07) is 6.74. The molecule has 7 heteroatoms. The SMILES string of the molecule is O=C(Nc1nnc(CCCCl)s1)c1cccc(Cl)c1. The maximum absolute atomic E-state index is 11.9. The summed E-state index contributed by atoms with van der Waals surface area (Å²) in [5, 5.41) is 12.5. The summed E-state index contributed by atoms with van der Waals surface area (Å²) >= 11 is 12.8. The van der Waals surface area contributed by atoms with E-state index in [9.17, 15) is 4.79 Å². The standard InChI is InChI=1S/C12H11Cl2N3OS/c13-6-2-5-10-16-17-12(19-10)15-11(18)8-3-1-4-9(14)7-8/h1,3-4,7H,2,5-6H2,(H,15,17,18). The van der Waals surface area contributed by atoms with Gasteiger partial charge >= 0.3 is 0 Å². The van der Waals surface area contributed by atoms with Crippen LogP contribution in [0.2, 0.25) is 5.02 Å². The molecule has 1 aromatic heterocycles. The molecule has 1 N–H and O–H groups in total. The minimum atomic E-state index is -0.248. The summed E-state index contributed by atoms with van der Waals surface area (Å²) in [6.45, 7) is 0. The van der Waals surface area contributed by atoms with Gasteiger partial charge in [0.15, 0.2) is 0 Å². The Kier molecular flexibility index (Phi) is 5.13. The van der Waals surface area contributed by atoms with Gasteiger partial charge in [0.1, 0.15) is 5.01 Å². The Morgan fingerprint density at radius 1 is 1.37 bits per heavy atom. The quantitative estimate of drug-likeness (QED) is 0.857. The number of benzene rings is 1. The van der Waals surface area contributed by atoms with Crippen LogP contribution in [-0.2, 0) is 6.42 Å². The molecule has 0 aliphatic carbocycles. The van der Waals surface area contributed by atoms with Crippen LogP contribution in [0, 0.1) is 0 Å². The molecular weight excluding hydrogens is 305 g/mol. The Bertz CT molecular complexity index is 574. The molecule has 0 unspecified atom stereocenters. The van der Waals surface area contributed by atoms with Crippen LogP contribution in [0.1, 0.15) is 21.8 Å². The van der Waals surface area contributed by atoms with Gasteiger partial charge in [-0.3, -0.25) is 10.1 Å². The summed E-state index contributed by atoms with van der Waals surface area (Å²) in [7, 11) is 0. The minimum Gasteiger partial charge on any atom is -0.296 e. The van der Waals surface area contributed by atoms with Crippen LogP contribution in [0.4, 0.5) is 5.13 Å². The molecule has 1 amide bonds. The number of alkyl halides is 1. The van der Waals surface area contributed by atoms with Crippen molar-refractivity contribution < 1.29 is 4.79 Å². The Labute approximate surface area is 124 Å². The van der Waals surface area contributed by atoms with Gasteiger partial charge < -0.3 is 0 Å². The van der Waals surface area contributed by atoms with E-state index in [1.54, 1.807) is 24.3 Å². The Morgan fingerprint density at radius 3 is 2.95 bits per heavy atom. The third-order valence-electron chi connectivity index (χ3n) is 2.30. The molecule has 0 spiro atoms. The topological polar surface area (TPSA) is 54.9 Å². The highest BCUT2D eigenvalue weighted by Gasteiger charge is 2.10. The van der Waals surface area contributed by atoms with Crippen molar-refractivity contribution in [1.82, 2.24) is 10.2 Å². The van der Waals surface area contributed by atoms with Gasteiger partial charge in [0.25, 0.3) is 5.91 Å². The number of nitrogens with zero attached hydrogens (tertiary/aromatic N) is 2. The van der Waals surface area contributed by atoms with Crippen molar-refractivity contribution in [2.75, 3.05) is 11.2 Å². The second-order valence-corrected chi connectivity index (χ2v) is 5.63. The van der Waals surface area contributed by atoms with Gasteiger partial charge in [0.2, 0.25) is 5.13 Å². The van der Waals surface area contributed by atoms with Gasteiger partial charge in [-0.25, -0.2) is 0 Å². The largest absolute Gasteiger partial charge is 0.296 e. The molecule has 19 heavy (non-hydrogen) atoms. The van der Waals surface area contributed by atoms with E-state index in [2.05, 4.69) is 15.5 Å². The van der Waals surface area contributed by atoms with Crippen LogP contribution in [0.15, 0.2) is 24.3 Å². The molecule has 1 aromatic carbocycles. The fourth-order valence-electron chi connectivity index (χ4n) is 1.42. The van der Waals surface area contributed by atoms with Crippen molar-refractivity contribution in [1.29, 1.82) is 0 Å². The van der Waals surface area contributed by atoms with E-state index < -0.39 is 0 Å².